The lowest BCUT2D eigenvalue weighted by molar-refractivity contribution is 0.584. The van der Waals surface area contributed by atoms with E-state index in [2.05, 4.69) is 20.7 Å². The molecule has 1 N–H and O–H groups in total. The van der Waals surface area contributed by atoms with Gasteiger partial charge in [0.25, 0.3) is 0 Å². The molecule has 1 atom stereocenters. The molecular formula is C13H18BrNO2S. The van der Waals surface area contributed by atoms with E-state index in [0.29, 0.717) is 16.3 Å². The van der Waals surface area contributed by atoms with Crippen molar-refractivity contribution >= 4 is 26.0 Å². The number of benzene rings is 1. The number of nitrogens with one attached hydrogen (secondary N) is 1. The smallest absolute Gasteiger partial charge is 0.211 e. The van der Waals surface area contributed by atoms with Crippen LogP contribution in [-0.4, -0.2) is 19.8 Å². The van der Waals surface area contributed by atoms with Gasteiger partial charge in [0.2, 0.25) is 10.0 Å². The van der Waals surface area contributed by atoms with Crippen LogP contribution in [0.3, 0.4) is 0 Å². The molecule has 1 unspecified atom stereocenters. The fourth-order valence-electron chi connectivity index (χ4n) is 1.93. The van der Waals surface area contributed by atoms with E-state index in [0.717, 1.165) is 12.3 Å². The normalized spacial score (nSPS) is 17.7. The molecule has 0 radical (unpaired) electrons. The average Bonchev–Trinajstić information content (AvgIpc) is 3.13. The Bertz CT molecular complexity index is 494. The molecule has 1 aromatic rings. The standard InChI is InChI=1S/C13H18BrNO2S/c1-2-15-18(16,17)12-7-3-10(4-8-12)9-13(14)11-5-6-11/h3-4,7-8,11,13,15H,2,5-6,9H2,1H3. The van der Waals surface area contributed by atoms with Crippen LogP contribution in [0.5, 0.6) is 0 Å². The molecule has 0 aromatic heterocycles. The zero-order valence-corrected chi connectivity index (χ0v) is 12.8. The molecule has 1 aliphatic rings. The summed E-state index contributed by atoms with van der Waals surface area (Å²) in [6, 6.07) is 7.17. The van der Waals surface area contributed by atoms with Gasteiger partial charge in [0.15, 0.2) is 0 Å². The highest BCUT2D eigenvalue weighted by molar-refractivity contribution is 9.09. The summed E-state index contributed by atoms with van der Waals surface area (Å²) >= 11 is 3.69. The van der Waals surface area contributed by atoms with Gasteiger partial charge >= 0.3 is 0 Å². The maximum atomic E-state index is 11.8. The van der Waals surface area contributed by atoms with E-state index >= 15 is 0 Å². The number of halogens is 1. The second-order valence-electron chi connectivity index (χ2n) is 4.70. The van der Waals surface area contributed by atoms with Crippen molar-refractivity contribution in [3.8, 4) is 0 Å². The molecule has 1 saturated carbocycles. The summed E-state index contributed by atoms with van der Waals surface area (Å²) in [5, 5.41) is 0. The van der Waals surface area contributed by atoms with Crippen LogP contribution in [-0.2, 0) is 16.4 Å². The minimum absolute atomic E-state index is 0.339. The molecule has 0 spiro atoms. The van der Waals surface area contributed by atoms with E-state index in [4.69, 9.17) is 0 Å². The molecule has 0 aliphatic heterocycles. The number of hydrogen-bond donors (Lipinski definition) is 1. The molecule has 5 heteroatoms. The first kappa shape index (κ1) is 14.0. The molecule has 18 heavy (non-hydrogen) atoms. The highest BCUT2D eigenvalue weighted by Crippen LogP contribution is 2.38. The number of sulfonamides is 1. The van der Waals surface area contributed by atoms with Crippen LogP contribution < -0.4 is 4.72 Å². The molecule has 2 rings (SSSR count). The third kappa shape index (κ3) is 3.56. The molecule has 1 aliphatic carbocycles. The van der Waals surface area contributed by atoms with Crippen LogP contribution in [0.15, 0.2) is 29.2 Å². The first-order chi connectivity index (χ1) is 8.53. The maximum Gasteiger partial charge on any atom is 0.240 e. The maximum absolute atomic E-state index is 11.8. The highest BCUT2D eigenvalue weighted by atomic mass is 79.9. The highest BCUT2D eigenvalue weighted by Gasteiger charge is 2.29. The van der Waals surface area contributed by atoms with Gasteiger partial charge in [0, 0.05) is 11.4 Å². The quantitative estimate of drug-likeness (QED) is 0.814. The number of rotatable bonds is 6. The van der Waals surface area contributed by atoms with Gasteiger partial charge in [-0.15, -0.1) is 0 Å². The molecule has 0 bridgehead atoms. The van der Waals surface area contributed by atoms with Gasteiger partial charge in [0.1, 0.15) is 0 Å². The molecule has 0 saturated heterocycles. The Morgan fingerprint density at radius 1 is 1.33 bits per heavy atom. The largest absolute Gasteiger partial charge is 0.240 e. The van der Waals surface area contributed by atoms with Gasteiger partial charge in [-0.25, -0.2) is 13.1 Å². The summed E-state index contributed by atoms with van der Waals surface area (Å²) in [6.45, 7) is 2.19. The summed E-state index contributed by atoms with van der Waals surface area (Å²) in [4.78, 5) is 0.861. The van der Waals surface area contributed by atoms with Gasteiger partial charge in [-0.2, -0.15) is 0 Å². The predicted octanol–water partition coefficient (Wildman–Crippen LogP) is 2.70. The Hall–Kier alpha value is -0.390. The fourth-order valence-corrected chi connectivity index (χ4v) is 3.87. The van der Waals surface area contributed by atoms with Crippen molar-refractivity contribution in [2.45, 2.75) is 35.9 Å². The van der Waals surface area contributed by atoms with Gasteiger partial charge in [-0.05, 0) is 42.9 Å². The van der Waals surface area contributed by atoms with E-state index in [1.165, 1.54) is 18.4 Å². The van der Waals surface area contributed by atoms with E-state index in [1.807, 2.05) is 12.1 Å². The minimum Gasteiger partial charge on any atom is -0.211 e. The second-order valence-corrected chi connectivity index (χ2v) is 7.65. The van der Waals surface area contributed by atoms with Crippen LogP contribution in [0.2, 0.25) is 0 Å². The van der Waals surface area contributed by atoms with Crippen LogP contribution >= 0.6 is 15.9 Å². The van der Waals surface area contributed by atoms with E-state index in [-0.39, 0.29) is 0 Å². The lowest BCUT2D eigenvalue weighted by atomic mass is 10.1. The van der Waals surface area contributed by atoms with E-state index in [1.54, 1.807) is 19.1 Å². The van der Waals surface area contributed by atoms with Gasteiger partial charge in [0.05, 0.1) is 4.90 Å². The van der Waals surface area contributed by atoms with Crippen molar-refractivity contribution in [2.75, 3.05) is 6.54 Å². The molecular weight excluding hydrogens is 314 g/mol. The Balaban J connectivity index is 2.05. The van der Waals surface area contributed by atoms with Crippen molar-refractivity contribution in [2.24, 2.45) is 5.92 Å². The Kier molecular flexibility index (Phi) is 4.45. The Morgan fingerprint density at radius 3 is 2.44 bits per heavy atom. The zero-order valence-electron chi connectivity index (χ0n) is 10.4. The Morgan fingerprint density at radius 2 is 1.94 bits per heavy atom. The summed E-state index contributed by atoms with van der Waals surface area (Å²) in [5.41, 5.74) is 1.18. The van der Waals surface area contributed by atoms with Crippen molar-refractivity contribution in [1.29, 1.82) is 0 Å². The molecule has 0 amide bonds. The number of hydrogen-bond acceptors (Lipinski definition) is 2. The average molecular weight is 332 g/mol. The summed E-state index contributed by atoms with van der Waals surface area (Å²) in [6.07, 6.45) is 3.58. The topological polar surface area (TPSA) is 46.2 Å². The SMILES string of the molecule is CCNS(=O)(=O)c1ccc(CC(Br)C2CC2)cc1. The van der Waals surface area contributed by atoms with Crippen molar-refractivity contribution in [3.63, 3.8) is 0 Å². The molecule has 1 aromatic carbocycles. The Labute approximate surface area is 117 Å². The second kappa shape index (κ2) is 5.72. The number of alkyl halides is 1. The molecule has 1 fully saturated rings. The van der Waals surface area contributed by atoms with Gasteiger partial charge in [-0.3, -0.25) is 0 Å². The first-order valence-electron chi connectivity index (χ1n) is 6.25. The minimum atomic E-state index is -3.32. The summed E-state index contributed by atoms with van der Waals surface area (Å²) in [5.74, 6) is 0.801. The molecule has 3 nitrogen and oxygen atoms in total. The third-order valence-corrected chi connectivity index (χ3v) is 5.77. The van der Waals surface area contributed by atoms with E-state index < -0.39 is 10.0 Å². The van der Waals surface area contributed by atoms with Crippen molar-refractivity contribution in [1.82, 2.24) is 4.72 Å². The molecule has 0 heterocycles. The first-order valence-corrected chi connectivity index (χ1v) is 8.65. The fraction of sp³-hybridized carbons (Fsp3) is 0.538. The van der Waals surface area contributed by atoms with Crippen molar-refractivity contribution in [3.05, 3.63) is 29.8 Å². The van der Waals surface area contributed by atoms with Gasteiger partial charge < -0.3 is 0 Å². The predicted molar refractivity (Wildman–Crippen MR) is 76.4 cm³/mol. The van der Waals surface area contributed by atoms with Crippen molar-refractivity contribution < 1.29 is 8.42 Å². The zero-order chi connectivity index (χ0) is 13.2. The van der Waals surface area contributed by atoms with Crippen LogP contribution in [0.1, 0.15) is 25.3 Å². The van der Waals surface area contributed by atoms with E-state index in [9.17, 15) is 8.42 Å². The lowest BCUT2D eigenvalue weighted by Gasteiger charge is -2.09. The van der Waals surface area contributed by atoms with Crippen LogP contribution in [0, 0.1) is 5.92 Å². The lowest BCUT2D eigenvalue weighted by Crippen LogP contribution is -2.23. The monoisotopic (exact) mass is 331 g/mol. The van der Waals surface area contributed by atoms with Gasteiger partial charge in [-0.1, -0.05) is 35.0 Å². The summed E-state index contributed by atoms with van der Waals surface area (Å²) in [7, 11) is -3.32. The summed E-state index contributed by atoms with van der Waals surface area (Å²) < 4.78 is 26.0. The third-order valence-electron chi connectivity index (χ3n) is 3.13. The van der Waals surface area contributed by atoms with Crippen LogP contribution in [0.25, 0.3) is 0 Å². The van der Waals surface area contributed by atoms with Crippen LogP contribution in [0.4, 0.5) is 0 Å². The molecule has 100 valence electrons.